The molecule has 158 valence electrons. The van der Waals surface area contributed by atoms with Crippen molar-refractivity contribution in [2.75, 3.05) is 19.8 Å². The molecule has 0 saturated carbocycles. The minimum Gasteiger partial charge on any atom is -0.348 e. The van der Waals surface area contributed by atoms with E-state index >= 15 is 0 Å². The normalized spacial score (nSPS) is 14.0. The fraction of sp³-hybridized carbons (Fsp3) is 0.286. The van der Waals surface area contributed by atoms with Crippen LogP contribution in [0.2, 0.25) is 0 Å². The number of carbonyl (C=O) groups is 1. The highest BCUT2D eigenvalue weighted by Gasteiger charge is 2.26. The first-order valence-corrected chi connectivity index (χ1v) is 12.9. The van der Waals surface area contributed by atoms with Crippen molar-refractivity contribution in [2.24, 2.45) is 0 Å². The number of amides is 1. The van der Waals surface area contributed by atoms with Crippen molar-refractivity contribution in [3.8, 4) is 5.00 Å². The maximum atomic E-state index is 13.2. The van der Waals surface area contributed by atoms with E-state index in [4.69, 9.17) is 0 Å². The van der Waals surface area contributed by atoms with Crippen molar-refractivity contribution in [3.05, 3.63) is 70.4 Å². The lowest BCUT2D eigenvalue weighted by Crippen LogP contribution is -2.25. The topological polar surface area (TPSA) is 71.4 Å². The molecule has 0 spiro atoms. The van der Waals surface area contributed by atoms with Gasteiger partial charge in [-0.2, -0.15) is 11.8 Å². The van der Waals surface area contributed by atoms with E-state index < -0.39 is 10.0 Å². The Hall–Kier alpha value is -2.07. The number of carbonyl (C=O) groups excluding carboxylic acids is 1. The fourth-order valence-corrected chi connectivity index (χ4v) is 6.71. The molecule has 3 aromatic rings. The highest BCUT2D eigenvalue weighted by Crippen LogP contribution is 2.38. The smallest absolute Gasteiger partial charge is 0.254 e. The van der Waals surface area contributed by atoms with Crippen molar-refractivity contribution in [3.63, 3.8) is 0 Å². The van der Waals surface area contributed by atoms with Crippen molar-refractivity contribution < 1.29 is 13.2 Å². The van der Waals surface area contributed by atoms with Gasteiger partial charge in [0.15, 0.2) is 0 Å². The second-order valence-corrected chi connectivity index (χ2v) is 11.5. The van der Waals surface area contributed by atoms with E-state index in [0.29, 0.717) is 6.54 Å². The SMILES string of the molecule is CN(C)S(=O)(=O)c1ccc(CNC(=O)c2c(-n3cccc3)sc3c2CCSC3)cc1. The molecule has 1 aliphatic heterocycles. The standard InChI is InChI=1S/C21H23N3O3S3/c1-23(2)30(26,27)16-7-5-15(6-8-16)13-22-20(25)19-17-9-12-28-14-18(17)29-21(19)24-10-3-4-11-24/h3-8,10-11H,9,12-14H2,1-2H3,(H,22,25). The molecule has 1 amide bonds. The number of thiophene rings is 1. The second kappa shape index (κ2) is 8.58. The Kier molecular flexibility index (Phi) is 6.06. The Morgan fingerprint density at radius 3 is 2.53 bits per heavy atom. The lowest BCUT2D eigenvalue weighted by atomic mass is 10.1. The summed E-state index contributed by atoms with van der Waals surface area (Å²) in [5.74, 6) is 1.88. The van der Waals surface area contributed by atoms with Crippen molar-refractivity contribution in [1.82, 2.24) is 14.2 Å². The highest BCUT2D eigenvalue weighted by atomic mass is 32.2. The lowest BCUT2D eigenvalue weighted by Gasteiger charge is -2.14. The van der Waals surface area contributed by atoms with Crippen LogP contribution in [0.4, 0.5) is 0 Å². The van der Waals surface area contributed by atoms with Crippen LogP contribution in [0, 0.1) is 0 Å². The molecular formula is C21H23N3O3S3. The zero-order valence-corrected chi connectivity index (χ0v) is 19.2. The number of fused-ring (bicyclic) bond motifs is 1. The molecule has 0 bridgehead atoms. The predicted octanol–water partition coefficient (Wildman–Crippen LogP) is 3.51. The van der Waals surface area contributed by atoms with Gasteiger partial charge < -0.3 is 9.88 Å². The first kappa shape index (κ1) is 21.2. The van der Waals surface area contributed by atoms with Crippen LogP contribution in [0.15, 0.2) is 53.7 Å². The highest BCUT2D eigenvalue weighted by molar-refractivity contribution is 7.98. The Balaban J connectivity index is 1.54. The van der Waals surface area contributed by atoms with Crippen LogP contribution in [-0.2, 0) is 28.7 Å². The zero-order valence-electron chi connectivity index (χ0n) is 16.8. The van der Waals surface area contributed by atoms with E-state index in [1.807, 2.05) is 40.9 Å². The number of benzene rings is 1. The van der Waals surface area contributed by atoms with Gasteiger partial charge in [0.1, 0.15) is 5.00 Å². The molecule has 2 aromatic heterocycles. The first-order chi connectivity index (χ1) is 14.4. The minimum atomic E-state index is -3.46. The van der Waals surface area contributed by atoms with Crippen molar-refractivity contribution >= 4 is 39.0 Å². The van der Waals surface area contributed by atoms with Gasteiger partial charge in [0.25, 0.3) is 5.91 Å². The van der Waals surface area contributed by atoms with Gasteiger partial charge in [0, 0.05) is 43.7 Å². The molecule has 1 aromatic carbocycles. The number of hydrogen-bond donors (Lipinski definition) is 1. The molecular weight excluding hydrogens is 438 g/mol. The summed E-state index contributed by atoms with van der Waals surface area (Å²) >= 11 is 3.59. The van der Waals surface area contributed by atoms with Crippen LogP contribution < -0.4 is 5.32 Å². The monoisotopic (exact) mass is 461 g/mol. The third-order valence-corrected chi connectivity index (χ3v) is 9.27. The number of sulfonamides is 1. The lowest BCUT2D eigenvalue weighted by molar-refractivity contribution is 0.0950. The third-order valence-electron chi connectivity index (χ3n) is 5.02. The zero-order chi connectivity index (χ0) is 21.3. The molecule has 6 nitrogen and oxygen atoms in total. The van der Waals surface area contributed by atoms with Crippen molar-refractivity contribution in [1.29, 1.82) is 0 Å². The van der Waals surface area contributed by atoms with Gasteiger partial charge in [-0.15, -0.1) is 11.3 Å². The van der Waals surface area contributed by atoms with Crippen LogP contribution in [-0.4, -0.2) is 43.0 Å². The van der Waals surface area contributed by atoms with Gasteiger partial charge in [-0.25, -0.2) is 12.7 Å². The molecule has 9 heteroatoms. The number of rotatable bonds is 6. The molecule has 30 heavy (non-hydrogen) atoms. The molecule has 0 fully saturated rings. The Bertz CT molecular complexity index is 1150. The molecule has 4 rings (SSSR count). The van der Waals surface area contributed by atoms with Crippen LogP contribution in [0.25, 0.3) is 5.00 Å². The largest absolute Gasteiger partial charge is 0.348 e. The van der Waals surface area contributed by atoms with Gasteiger partial charge in [0.2, 0.25) is 10.0 Å². The van der Waals surface area contributed by atoms with Gasteiger partial charge >= 0.3 is 0 Å². The number of nitrogens with zero attached hydrogens (tertiary/aromatic N) is 2. The number of nitrogens with one attached hydrogen (secondary N) is 1. The summed E-state index contributed by atoms with van der Waals surface area (Å²) in [4.78, 5) is 14.7. The summed E-state index contributed by atoms with van der Waals surface area (Å²) in [6.45, 7) is 0.339. The summed E-state index contributed by atoms with van der Waals surface area (Å²) < 4.78 is 27.6. The molecule has 0 saturated heterocycles. The summed E-state index contributed by atoms with van der Waals surface area (Å²) in [6, 6.07) is 10.5. The van der Waals surface area contributed by atoms with E-state index in [2.05, 4.69) is 5.32 Å². The van der Waals surface area contributed by atoms with Gasteiger partial charge in [-0.05, 0) is 47.6 Å². The maximum Gasteiger partial charge on any atom is 0.254 e. The molecule has 0 atom stereocenters. The summed E-state index contributed by atoms with van der Waals surface area (Å²) in [5, 5.41) is 3.98. The van der Waals surface area contributed by atoms with Crippen LogP contribution in [0.1, 0.15) is 26.4 Å². The molecule has 0 unspecified atom stereocenters. The van der Waals surface area contributed by atoms with Crippen molar-refractivity contribution in [2.45, 2.75) is 23.6 Å². The fourth-order valence-electron chi connectivity index (χ4n) is 3.36. The Morgan fingerprint density at radius 2 is 1.87 bits per heavy atom. The van der Waals surface area contributed by atoms with Crippen LogP contribution in [0.5, 0.6) is 0 Å². The average molecular weight is 462 g/mol. The molecule has 0 radical (unpaired) electrons. The van der Waals surface area contributed by atoms with Gasteiger partial charge in [0.05, 0.1) is 10.5 Å². The average Bonchev–Trinajstić information content (AvgIpc) is 3.39. The quantitative estimate of drug-likeness (QED) is 0.610. The van der Waals surface area contributed by atoms with Gasteiger partial charge in [-0.1, -0.05) is 12.1 Å². The summed E-state index contributed by atoms with van der Waals surface area (Å²) in [6.07, 6.45) is 4.83. The number of hydrogen-bond acceptors (Lipinski definition) is 5. The Labute approximate surface area is 185 Å². The first-order valence-electron chi connectivity index (χ1n) is 9.53. The Morgan fingerprint density at radius 1 is 1.17 bits per heavy atom. The molecule has 0 aliphatic carbocycles. The van der Waals surface area contributed by atoms with Crippen LogP contribution in [0.3, 0.4) is 0 Å². The van der Waals surface area contributed by atoms with E-state index in [1.54, 1.807) is 35.6 Å². The third kappa shape index (κ3) is 4.07. The van der Waals surface area contributed by atoms with E-state index in [9.17, 15) is 13.2 Å². The molecule has 1 N–H and O–H groups in total. The minimum absolute atomic E-state index is 0.0897. The number of thioether (sulfide) groups is 1. The molecule has 3 heterocycles. The van der Waals surface area contributed by atoms with Crippen LogP contribution >= 0.6 is 23.1 Å². The predicted molar refractivity (Wildman–Crippen MR) is 122 cm³/mol. The van der Waals surface area contributed by atoms with E-state index in [-0.39, 0.29) is 10.8 Å². The summed E-state index contributed by atoms with van der Waals surface area (Å²) in [5.41, 5.74) is 2.77. The van der Waals surface area contributed by atoms with E-state index in [1.165, 1.54) is 23.3 Å². The molecule has 1 aliphatic rings. The summed E-state index contributed by atoms with van der Waals surface area (Å²) in [7, 11) is -0.447. The van der Waals surface area contributed by atoms with Gasteiger partial charge in [-0.3, -0.25) is 4.79 Å². The second-order valence-electron chi connectivity index (χ2n) is 7.19. The van der Waals surface area contributed by atoms with E-state index in [0.717, 1.165) is 39.6 Å². The number of aromatic nitrogens is 1. The maximum absolute atomic E-state index is 13.2.